The van der Waals surface area contributed by atoms with Gasteiger partial charge in [0.1, 0.15) is 0 Å². The van der Waals surface area contributed by atoms with Crippen LogP contribution in [0.2, 0.25) is 0 Å². The lowest BCUT2D eigenvalue weighted by atomic mass is 10.0. The van der Waals surface area contributed by atoms with Gasteiger partial charge in [-0.25, -0.2) is 0 Å². The molecule has 1 atom stereocenters. The fourth-order valence-corrected chi connectivity index (χ4v) is 1.81. The molecule has 2 nitrogen and oxygen atoms in total. The first-order valence-electron chi connectivity index (χ1n) is 6.03. The van der Waals surface area contributed by atoms with Gasteiger partial charge in [0.25, 0.3) is 0 Å². The van der Waals surface area contributed by atoms with E-state index in [1.54, 1.807) is 6.07 Å². The van der Waals surface area contributed by atoms with Gasteiger partial charge in [-0.3, -0.25) is 0 Å². The Morgan fingerprint density at radius 1 is 1.33 bits per heavy atom. The van der Waals surface area contributed by atoms with Crippen LogP contribution in [0.3, 0.4) is 0 Å². The molecule has 100 valence electrons. The van der Waals surface area contributed by atoms with E-state index in [4.69, 9.17) is 0 Å². The number of alkyl halides is 3. The van der Waals surface area contributed by atoms with Crippen LogP contribution in [-0.4, -0.2) is 23.8 Å². The van der Waals surface area contributed by atoms with Gasteiger partial charge in [-0.2, -0.15) is 13.2 Å². The van der Waals surface area contributed by atoms with Crippen molar-refractivity contribution in [3.05, 3.63) is 35.4 Å². The molecule has 0 aliphatic heterocycles. The SMILES string of the molecule is OC(CNC1CC1)Cc1cccc(C(F)(F)F)c1. The van der Waals surface area contributed by atoms with E-state index >= 15 is 0 Å². The summed E-state index contributed by atoms with van der Waals surface area (Å²) in [6.45, 7) is 0.431. The zero-order chi connectivity index (χ0) is 13.2. The summed E-state index contributed by atoms with van der Waals surface area (Å²) in [5, 5.41) is 12.9. The number of benzene rings is 1. The van der Waals surface area contributed by atoms with Gasteiger partial charge in [0.2, 0.25) is 0 Å². The van der Waals surface area contributed by atoms with Gasteiger partial charge in [-0.05, 0) is 30.9 Å². The third kappa shape index (κ3) is 3.99. The summed E-state index contributed by atoms with van der Waals surface area (Å²) < 4.78 is 37.5. The first kappa shape index (κ1) is 13.4. The zero-order valence-corrected chi connectivity index (χ0v) is 9.87. The minimum Gasteiger partial charge on any atom is -0.391 e. The van der Waals surface area contributed by atoms with Crippen LogP contribution < -0.4 is 5.32 Å². The third-order valence-electron chi connectivity index (χ3n) is 2.95. The maximum atomic E-state index is 12.5. The van der Waals surface area contributed by atoms with E-state index in [9.17, 15) is 18.3 Å². The predicted molar refractivity (Wildman–Crippen MR) is 62.2 cm³/mol. The second kappa shape index (κ2) is 5.28. The van der Waals surface area contributed by atoms with E-state index in [-0.39, 0.29) is 6.42 Å². The Hall–Kier alpha value is -1.07. The number of nitrogens with one attached hydrogen (secondary N) is 1. The molecule has 0 radical (unpaired) electrons. The number of aliphatic hydroxyl groups is 1. The highest BCUT2D eigenvalue weighted by Crippen LogP contribution is 2.29. The molecule has 1 saturated carbocycles. The predicted octanol–water partition coefficient (Wildman–Crippen LogP) is 2.36. The van der Waals surface area contributed by atoms with Crippen molar-refractivity contribution in [2.45, 2.75) is 37.6 Å². The molecule has 1 fully saturated rings. The number of hydrogen-bond acceptors (Lipinski definition) is 2. The van der Waals surface area contributed by atoms with Gasteiger partial charge in [0.15, 0.2) is 0 Å². The summed E-state index contributed by atoms with van der Waals surface area (Å²) in [5.74, 6) is 0. The van der Waals surface area contributed by atoms with Crippen molar-refractivity contribution >= 4 is 0 Å². The number of halogens is 3. The van der Waals surface area contributed by atoms with Crippen LogP contribution in [0.4, 0.5) is 13.2 Å². The topological polar surface area (TPSA) is 32.3 Å². The Morgan fingerprint density at radius 2 is 2.06 bits per heavy atom. The maximum absolute atomic E-state index is 12.5. The average molecular weight is 259 g/mol. The summed E-state index contributed by atoms with van der Waals surface area (Å²) in [6.07, 6.45) is -2.49. The number of aliphatic hydroxyl groups excluding tert-OH is 1. The van der Waals surface area contributed by atoms with Crippen molar-refractivity contribution in [2.24, 2.45) is 0 Å². The average Bonchev–Trinajstić information content (AvgIpc) is 3.09. The molecule has 1 aromatic rings. The molecule has 1 aromatic carbocycles. The Balaban J connectivity index is 1.91. The van der Waals surface area contributed by atoms with Crippen LogP contribution in [0.15, 0.2) is 24.3 Å². The largest absolute Gasteiger partial charge is 0.416 e. The van der Waals surface area contributed by atoms with Crippen LogP contribution in [0, 0.1) is 0 Å². The standard InChI is InChI=1S/C13H16F3NO/c14-13(15,16)10-3-1-2-9(6-10)7-12(18)8-17-11-4-5-11/h1-3,6,11-12,17-18H,4-5,7-8H2. The lowest BCUT2D eigenvalue weighted by Gasteiger charge is -2.13. The lowest BCUT2D eigenvalue weighted by molar-refractivity contribution is -0.137. The second-order valence-corrected chi connectivity index (χ2v) is 4.74. The molecule has 0 aromatic heterocycles. The van der Waals surface area contributed by atoms with Crippen LogP contribution >= 0.6 is 0 Å². The molecule has 0 heterocycles. The van der Waals surface area contributed by atoms with Crippen LogP contribution in [0.1, 0.15) is 24.0 Å². The number of hydrogen-bond donors (Lipinski definition) is 2. The highest BCUT2D eigenvalue weighted by atomic mass is 19.4. The van der Waals surface area contributed by atoms with Crippen molar-refractivity contribution in [3.63, 3.8) is 0 Å². The van der Waals surface area contributed by atoms with Gasteiger partial charge in [-0.1, -0.05) is 18.2 Å². The van der Waals surface area contributed by atoms with E-state index in [0.29, 0.717) is 18.2 Å². The highest BCUT2D eigenvalue weighted by Gasteiger charge is 2.30. The van der Waals surface area contributed by atoms with Gasteiger partial charge in [0, 0.05) is 12.6 Å². The number of rotatable bonds is 5. The van der Waals surface area contributed by atoms with Crippen molar-refractivity contribution < 1.29 is 18.3 Å². The van der Waals surface area contributed by atoms with Gasteiger partial charge >= 0.3 is 6.18 Å². The zero-order valence-electron chi connectivity index (χ0n) is 9.87. The van der Waals surface area contributed by atoms with Crippen molar-refractivity contribution in [2.75, 3.05) is 6.54 Å². The molecule has 2 N–H and O–H groups in total. The Bertz CT molecular complexity index is 401. The van der Waals surface area contributed by atoms with Crippen LogP contribution in [-0.2, 0) is 12.6 Å². The molecule has 0 bridgehead atoms. The third-order valence-corrected chi connectivity index (χ3v) is 2.95. The summed E-state index contributed by atoms with van der Waals surface area (Å²) in [5.41, 5.74) is -0.155. The van der Waals surface area contributed by atoms with Gasteiger partial charge in [0.05, 0.1) is 11.7 Å². The first-order chi connectivity index (χ1) is 8.45. The minimum absolute atomic E-state index is 0.240. The Labute approximate surface area is 104 Å². The van der Waals surface area contributed by atoms with Crippen molar-refractivity contribution in [1.82, 2.24) is 5.32 Å². The fraction of sp³-hybridized carbons (Fsp3) is 0.538. The first-order valence-corrected chi connectivity index (χ1v) is 6.03. The second-order valence-electron chi connectivity index (χ2n) is 4.74. The molecular formula is C13H16F3NO. The van der Waals surface area contributed by atoms with E-state index < -0.39 is 17.8 Å². The van der Waals surface area contributed by atoms with Crippen LogP contribution in [0.25, 0.3) is 0 Å². The molecule has 1 aliphatic carbocycles. The minimum atomic E-state index is -4.33. The summed E-state index contributed by atoms with van der Waals surface area (Å²) in [6, 6.07) is 5.61. The fourth-order valence-electron chi connectivity index (χ4n) is 1.81. The molecule has 0 amide bonds. The summed E-state index contributed by atoms with van der Waals surface area (Å²) in [7, 11) is 0. The molecular weight excluding hydrogens is 243 g/mol. The van der Waals surface area contributed by atoms with Crippen molar-refractivity contribution in [1.29, 1.82) is 0 Å². The molecule has 18 heavy (non-hydrogen) atoms. The molecule has 0 spiro atoms. The van der Waals surface area contributed by atoms with E-state index in [1.165, 1.54) is 6.07 Å². The smallest absolute Gasteiger partial charge is 0.391 e. The summed E-state index contributed by atoms with van der Waals surface area (Å²) in [4.78, 5) is 0. The quantitative estimate of drug-likeness (QED) is 0.850. The van der Waals surface area contributed by atoms with E-state index in [2.05, 4.69) is 5.32 Å². The van der Waals surface area contributed by atoms with E-state index in [0.717, 1.165) is 25.0 Å². The molecule has 1 aliphatic rings. The van der Waals surface area contributed by atoms with E-state index in [1.807, 2.05) is 0 Å². The maximum Gasteiger partial charge on any atom is 0.416 e. The van der Waals surface area contributed by atoms with Gasteiger partial charge in [-0.15, -0.1) is 0 Å². The van der Waals surface area contributed by atoms with Crippen molar-refractivity contribution in [3.8, 4) is 0 Å². The molecule has 1 unspecified atom stereocenters. The normalized spacial score (nSPS) is 17.8. The van der Waals surface area contributed by atoms with Crippen LogP contribution in [0.5, 0.6) is 0 Å². The Morgan fingerprint density at radius 3 is 2.67 bits per heavy atom. The Kier molecular flexibility index (Phi) is 3.92. The highest BCUT2D eigenvalue weighted by molar-refractivity contribution is 5.26. The monoisotopic (exact) mass is 259 g/mol. The molecule has 2 rings (SSSR count). The lowest BCUT2D eigenvalue weighted by Crippen LogP contribution is -2.29. The molecule has 5 heteroatoms. The van der Waals surface area contributed by atoms with Gasteiger partial charge < -0.3 is 10.4 Å². The summed E-state index contributed by atoms with van der Waals surface area (Å²) >= 11 is 0. The molecule has 0 saturated heterocycles.